The van der Waals surface area contributed by atoms with E-state index in [2.05, 4.69) is 4.74 Å². The predicted octanol–water partition coefficient (Wildman–Crippen LogP) is 1.58. The number of rotatable bonds is 3. The number of allylic oxidation sites excluding steroid dienone is 1. The zero-order chi connectivity index (χ0) is 9.68. The fourth-order valence-electron chi connectivity index (χ4n) is 1.82. The summed E-state index contributed by atoms with van der Waals surface area (Å²) in [5.74, 6) is 0.330. The number of hydrogen-bond acceptors (Lipinski definition) is 3. The Morgan fingerprint density at radius 3 is 2.69 bits per heavy atom. The van der Waals surface area contributed by atoms with Crippen LogP contribution >= 0.6 is 0 Å². The summed E-state index contributed by atoms with van der Waals surface area (Å²) >= 11 is 0. The number of nitrogens with two attached hydrogens (primary N) is 1. The lowest BCUT2D eigenvalue weighted by atomic mass is 10.0. The second kappa shape index (κ2) is 4.90. The second-order valence-corrected chi connectivity index (χ2v) is 3.60. The van der Waals surface area contributed by atoms with Crippen molar-refractivity contribution in [1.82, 2.24) is 0 Å². The SMILES string of the molecule is COC(=O)C=C(N)CC1CCCC1. The van der Waals surface area contributed by atoms with Gasteiger partial charge in [-0.2, -0.15) is 0 Å². The average molecular weight is 183 g/mol. The van der Waals surface area contributed by atoms with E-state index in [1.54, 1.807) is 0 Å². The van der Waals surface area contributed by atoms with Gasteiger partial charge in [0, 0.05) is 11.8 Å². The Balaban J connectivity index is 2.34. The molecule has 0 unspecified atom stereocenters. The van der Waals surface area contributed by atoms with Crippen molar-refractivity contribution in [3.63, 3.8) is 0 Å². The maximum Gasteiger partial charge on any atom is 0.332 e. The van der Waals surface area contributed by atoms with Gasteiger partial charge >= 0.3 is 5.97 Å². The van der Waals surface area contributed by atoms with E-state index < -0.39 is 0 Å². The summed E-state index contributed by atoms with van der Waals surface area (Å²) in [6, 6.07) is 0. The van der Waals surface area contributed by atoms with Crippen LogP contribution in [0.15, 0.2) is 11.8 Å². The van der Waals surface area contributed by atoms with Crippen molar-refractivity contribution in [2.24, 2.45) is 11.7 Å². The molecule has 13 heavy (non-hydrogen) atoms. The van der Waals surface area contributed by atoms with E-state index in [4.69, 9.17) is 5.73 Å². The molecule has 0 atom stereocenters. The Labute approximate surface area is 78.9 Å². The van der Waals surface area contributed by atoms with Gasteiger partial charge < -0.3 is 10.5 Å². The molecule has 0 radical (unpaired) electrons. The molecule has 1 aliphatic carbocycles. The van der Waals surface area contributed by atoms with Crippen molar-refractivity contribution in [2.75, 3.05) is 7.11 Å². The Morgan fingerprint density at radius 1 is 1.54 bits per heavy atom. The van der Waals surface area contributed by atoms with Crippen molar-refractivity contribution in [3.8, 4) is 0 Å². The third-order valence-corrected chi connectivity index (χ3v) is 2.50. The third-order valence-electron chi connectivity index (χ3n) is 2.50. The molecule has 0 aromatic heterocycles. The molecule has 3 heteroatoms. The van der Waals surface area contributed by atoms with Gasteiger partial charge in [0.25, 0.3) is 0 Å². The molecule has 1 fully saturated rings. The molecular formula is C10H17NO2. The van der Waals surface area contributed by atoms with Crippen molar-refractivity contribution in [3.05, 3.63) is 11.8 Å². The minimum absolute atomic E-state index is 0.351. The van der Waals surface area contributed by atoms with Crippen LogP contribution in [0, 0.1) is 5.92 Å². The minimum Gasteiger partial charge on any atom is -0.466 e. The van der Waals surface area contributed by atoms with E-state index in [-0.39, 0.29) is 5.97 Å². The van der Waals surface area contributed by atoms with Gasteiger partial charge in [-0.15, -0.1) is 0 Å². The van der Waals surface area contributed by atoms with Crippen LogP contribution < -0.4 is 5.73 Å². The van der Waals surface area contributed by atoms with Crippen LogP contribution in [0.1, 0.15) is 32.1 Å². The molecule has 0 heterocycles. The first-order valence-corrected chi connectivity index (χ1v) is 4.76. The lowest BCUT2D eigenvalue weighted by molar-refractivity contribution is -0.134. The quantitative estimate of drug-likeness (QED) is 0.534. The number of ether oxygens (including phenoxy) is 1. The fraction of sp³-hybridized carbons (Fsp3) is 0.700. The molecular weight excluding hydrogens is 166 g/mol. The topological polar surface area (TPSA) is 52.3 Å². The third kappa shape index (κ3) is 3.49. The predicted molar refractivity (Wildman–Crippen MR) is 50.9 cm³/mol. The van der Waals surface area contributed by atoms with Crippen molar-refractivity contribution < 1.29 is 9.53 Å². The lowest BCUT2D eigenvalue weighted by Crippen LogP contribution is -2.07. The zero-order valence-corrected chi connectivity index (χ0v) is 8.08. The number of methoxy groups -OCH3 is 1. The van der Waals surface area contributed by atoms with Gasteiger partial charge in [0.15, 0.2) is 0 Å². The van der Waals surface area contributed by atoms with Gasteiger partial charge in [-0.1, -0.05) is 25.7 Å². The zero-order valence-electron chi connectivity index (χ0n) is 8.08. The highest BCUT2D eigenvalue weighted by Crippen LogP contribution is 2.28. The highest BCUT2D eigenvalue weighted by atomic mass is 16.5. The first-order valence-electron chi connectivity index (χ1n) is 4.76. The van der Waals surface area contributed by atoms with Crippen LogP contribution in [0.3, 0.4) is 0 Å². The molecule has 0 spiro atoms. The molecule has 1 saturated carbocycles. The largest absolute Gasteiger partial charge is 0.466 e. The van der Waals surface area contributed by atoms with Crippen LogP contribution in [0.4, 0.5) is 0 Å². The summed E-state index contributed by atoms with van der Waals surface area (Å²) in [4.78, 5) is 10.8. The molecule has 0 aliphatic heterocycles. The normalized spacial score (nSPS) is 19.0. The standard InChI is InChI=1S/C10H17NO2/c1-13-10(12)7-9(11)6-8-4-2-3-5-8/h7-8H,2-6,11H2,1H3. The smallest absolute Gasteiger partial charge is 0.332 e. The Hall–Kier alpha value is -0.990. The summed E-state index contributed by atoms with van der Waals surface area (Å²) in [7, 11) is 1.36. The first-order chi connectivity index (χ1) is 6.22. The van der Waals surface area contributed by atoms with Crippen LogP contribution in [0.2, 0.25) is 0 Å². The lowest BCUT2D eigenvalue weighted by Gasteiger charge is -2.07. The van der Waals surface area contributed by atoms with Gasteiger partial charge in [0.05, 0.1) is 7.11 Å². The van der Waals surface area contributed by atoms with Gasteiger partial charge in [-0.05, 0) is 12.3 Å². The minimum atomic E-state index is -0.351. The highest BCUT2D eigenvalue weighted by molar-refractivity contribution is 5.82. The van der Waals surface area contributed by atoms with E-state index in [0.717, 1.165) is 6.42 Å². The van der Waals surface area contributed by atoms with Crippen LogP contribution in [-0.2, 0) is 9.53 Å². The van der Waals surface area contributed by atoms with Gasteiger partial charge in [-0.3, -0.25) is 0 Å². The van der Waals surface area contributed by atoms with Crippen molar-refractivity contribution in [2.45, 2.75) is 32.1 Å². The van der Waals surface area contributed by atoms with Gasteiger partial charge in [0.1, 0.15) is 0 Å². The number of esters is 1. The summed E-state index contributed by atoms with van der Waals surface area (Å²) < 4.78 is 4.49. The Morgan fingerprint density at radius 2 is 2.15 bits per heavy atom. The van der Waals surface area contributed by atoms with E-state index in [9.17, 15) is 4.79 Å². The van der Waals surface area contributed by atoms with E-state index in [1.165, 1.54) is 38.9 Å². The molecule has 0 amide bonds. The maximum atomic E-state index is 10.8. The van der Waals surface area contributed by atoms with Gasteiger partial charge in [-0.25, -0.2) is 4.79 Å². The van der Waals surface area contributed by atoms with Crippen LogP contribution in [0.25, 0.3) is 0 Å². The van der Waals surface area contributed by atoms with Crippen molar-refractivity contribution in [1.29, 1.82) is 0 Å². The maximum absolute atomic E-state index is 10.8. The monoisotopic (exact) mass is 183 g/mol. The Bertz CT molecular complexity index is 205. The van der Waals surface area contributed by atoms with E-state index in [0.29, 0.717) is 11.6 Å². The molecule has 0 saturated heterocycles. The summed E-state index contributed by atoms with van der Waals surface area (Å²) in [5.41, 5.74) is 6.34. The number of carbonyl (C=O) groups excluding carboxylic acids is 1. The average Bonchev–Trinajstić information content (AvgIpc) is 2.56. The molecule has 0 aromatic carbocycles. The molecule has 0 bridgehead atoms. The first kappa shape index (κ1) is 10.1. The summed E-state index contributed by atoms with van der Waals surface area (Å²) in [5, 5.41) is 0. The summed E-state index contributed by atoms with van der Waals surface area (Å²) in [6.07, 6.45) is 7.32. The number of hydrogen-bond donors (Lipinski definition) is 1. The molecule has 1 rings (SSSR count). The van der Waals surface area contributed by atoms with Crippen LogP contribution in [-0.4, -0.2) is 13.1 Å². The fourth-order valence-corrected chi connectivity index (χ4v) is 1.82. The number of carbonyl (C=O) groups is 1. The summed E-state index contributed by atoms with van der Waals surface area (Å²) in [6.45, 7) is 0. The molecule has 3 nitrogen and oxygen atoms in total. The molecule has 0 aromatic rings. The van der Waals surface area contributed by atoms with Crippen molar-refractivity contribution >= 4 is 5.97 Å². The van der Waals surface area contributed by atoms with Crippen LogP contribution in [0.5, 0.6) is 0 Å². The van der Waals surface area contributed by atoms with E-state index in [1.807, 2.05) is 0 Å². The van der Waals surface area contributed by atoms with E-state index >= 15 is 0 Å². The molecule has 74 valence electrons. The van der Waals surface area contributed by atoms with Gasteiger partial charge in [0.2, 0.25) is 0 Å². The molecule has 1 aliphatic rings. The highest BCUT2D eigenvalue weighted by Gasteiger charge is 2.15. The molecule has 2 N–H and O–H groups in total. The Kier molecular flexibility index (Phi) is 3.80. The second-order valence-electron chi connectivity index (χ2n) is 3.60.